The zero-order valence-corrected chi connectivity index (χ0v) is 17.9. The lowest BCUT2D eigenvalue weighted by molar-refractivity contribution is 0.304. The minimum absolute atomic E-state index is 0.235. The topological polar surface area (TPSA) is 64.9 Å². The number of hydrogen-bond donors (Lipinski definition) is 1. The molecule has 0 aliphatic heterocycles. The molecule has 0 amide bonds. The number of nitrogens with one attached hydrogen (secondary N) is 1. The van der Waals surface area contributed by atoms with Gasteiger partial charge in [-0.1, -0.05) is 66.4 Å². The second-order valence-electron chi connectivity index (χ2n) is 7.22. The molecule has 0 bridgehead atoms. The minimum Gasteiger partial charge on any atom is -0.488 e. The Labute approximate surface area is 185 Å². The van der Waals surface area contributed by atoms with Crippen molar-refractivity contribution in [2.24, 2.45) is 0 Å². The molecule has 1 heterocycles. The van der Waals surface area contributed by atoms with Crippen molar-refractivity contribution < 1.29 is 9.13 Å². The minimum atomic E-state index is -0.370. The quantitative estimate of drug-likeness (QED) is 0.367. The van der Waals surface area contributed by atoms with Crippen LogP contribution in [0.15, 0.2) is 54.6 Å². The Hall–Kier alpha value is -3.19. The first kappa shape index (κ1) is 21.1. The highest BCUT2D eigenvalue weighted by atomic mass is 35.5. The first-order valence-electron chi connectivity index (χ1n) is 10.2. The number of tetrazole rings is 1. The van der Waals surface area contributed by atoms with E-state index in [2.05, 4.69) is 39.9 Å². The molecule has 8 heteroatoms. The molecule has 31 heavy (non-hydrogen) atoms. The van der Waals surface area contributed by atoms with Gasteiger partial charge in [0.15, 0.2) is 0 Å². The van der Waals surface area contributed by atoms with Crippen LogP contribution >= 0.6 is 11.6 Å². The number of halogens is 2. The summed E-state index contributed by atoms with van der Waals surface area (Å²) < 4.78 is 21.2. The van der Waals surface area contributed by atoms with E-state index in [1.165, 1.54) is 12.1 Å². The van der Waals surface area contributed by atoms with Gasteiger partial charge in [-0.3, -0.25) is 0 Å². The second-order valence-corrected chi connectivity index (χ2v) is 7.63. The van der Waals surface area contributed by atoms with Crippen LogP contribution < -0.4 is 10.1 Å². The first-order valence-corrected chi connectivity index (χ1v) is 10.6. The van der Waals surface area contributed by atoms with Crippen molar-refractivity contribution in [1.29, 1.82) is 0 Å². The summed E-state index contributed by atoms with van der Waals surface area (Å²) in [6.45, 7) is 3.61. The maximum absolute atomic E-state index is 13.3. The Morgan fingerprint density at radius 1 is 1.13 bits per heavy atom. The number of unbranched alkanes of at least 4 members (excludes halogenated alkanes) is 1. The van der Waals surface area contributed by atoms with E-state index < -0.39 is 0 Å². The SMILES string of the molecule is CCCCn1nnnc1NCc1c(OCc2ccc(F)cc2Cl)ccc2ccccc12. The van der Waals surface area contributed by atoms with Gasteiger partial charge in [-0.2, -0.15) is 0 Å². The molecule has 0 unspecified atom stereocenters. The number of rotatable bonds is 9. The maximum atomic E-state index is 13.3. The highest BCUT2D eigenvalue weighted by molar-refractivity contribution is 6.31. The average Bonchev–Trinajstić information content (AvgIpc) is 3.23. The van der Waals surface area contributed by atoms with E-state index in [4.69, 9.17) is 16.3 Å². The van der Waals surface area contributed by atoms with Crippen molar-refractivity contribution >= 4 is 28.3 Å². The third-order valence-corrected chi connectivity index (χ3v) is 5.43. The zero-order valence-electron chi connectivity index (χ0n) is 17.2. The summed E-state index contributed by atoms with van der Waals surface area (Å²) in [5.74, 6) is 0.971. The van der Waals surface area contributed by atoms with Gasteiger partial charge in [-0.05, 0) is 45.8 Å². The van der Waals surface area contributed by atoms with E-state index >= 15 is 0 Å². The second kappa shape index (κ2) is 9.75. The van der Waals surface area contributed by atoms with E-state index in [1.807, 2.05) is 24.3 Å². The largest absolute Gasteiger partial charge is 0.488 e. The Morgan fingerprint density at radius 3 is 2.84 bits per heavy atom. The van der Waals surface area contributed by atoms with E-state index in [0.717, 1.165) is 47.0 Å². The van der Waals surface area contributed by atoms with Crippen LogP contribution in [0.1, 0.15) is 30.9 Å². The van der Waals surface area contributed by atoms with Crippen molar-refractivity contribution in [3.05, 3.63) is 76.6 Å². The van der Waals surface area contributed by atoms with Crippen molar-refractivity contribution in [2.45, 2.75) is 39.5 Å². The van der Waals surface area contributed by atoms with E-state index in [9.17, 15) is 4.39 Å². The summed E-state index contributed by atoms with van der Waals surface area (Å²) in [6, 6.07) is 16.4. The standard InChI is InChI=1S/C23H23ClFN5O/c1-2-3-12-30-23(27-28-29-30)26-14-20-19-7-5-4-6-16(19)9-11-22(20)31-15-17-8-10-18(25)13-21(17)24/h4-11,13H,2-3,12,14-15H2,1H3,(H,26,27,29). The predicted molar refractivity (Wildman–Crippen MR) is 120 cm³/mol. The van der Waals surface area contributed by atoms with Crippen LogP contribution in [0.2, 0.25) is 5.02 Å². The molecule has 160 valence electrons. The van der Waals surface area contributed by atoms with Gasteiger partial charge in [0, 0.05) is 24.2 Å². The molecule has 0 saturated heterocycles. The number of benzene rings is 3. The first-order chi connectivity index (χ1) is 15.2. The monoisotopic (exact) mass is 439 g/mol. The van der Waals surface area contributed by atoms with Crippen molar-refractivity contribution in [3.8, 4) is 5.75 Å². The Balaban J connectivity index is 1.59. The molecule has 1 N–H and O–H groups in total. The fourth-order valence-electron chi connectivity index (χ4n) is 3.38. The predicted octanol–water partition coefficient (Wildman–Crippen LogP) is 5.61. The highest BCUT2D eigenvalue weighted by Gasteiger charge is 2.13. The van der Waals surface area contributed by atoms with Gasteiger partial charge in [0.1, 0.15) is 18.2 Å². The number of ether oxygens (including phenoxy) is 1. The van der Waals surface area contributed by atoms with E-state index in [0.29, 0.717) is 17.5 Å². The third-order valence-electron chi connectivity index (χ3n) is 5.07. The summed E-state index contributed by atoms with van der Waals surface area (Å²) in [6.07, 6.45) is 2.06. The Morgan fingerprint density at radius 2 is 2.00 bits per heavy atom. The van der Waals surface area contributed by atoms with Crippen molar-refractivity contribution in [1.82, 2.24) is 20.2 Å². The molecule has 0 fully saturated rings. The van der Waals surface area contributed by atoms with Crippen LogP contribution in [0.3, 0.4) is 0 Å². The van der Waals surface area contributed by atoms with Gasteiger partial charge in [0.05, 0.1) is 5.02 Å². The lowest BCUT2D eigenvalue weighted by Crippen LogP contribution is -2.10. The van der Waals surface area contributed by atoms with Crippen LogP contribution in [0.4, 0.5) is 10.3 Å². The molecule has 0 aliphatic rings. The summed E-state index contributed by atoms with van der Waals surface area (Å²) in [4.78, 5) is 0. The van der Waals surface area contributed by atoms with E-state index in [-0.39, 0.29) is 12.4 Å². The van der Waals surface area contributed by atoms with Crippen molar-refractivity contribution in [2.75, 3.05) is 5.32 Å². The Bertz CT molecular complexity index is 1180. The fraction of sp³-hybridized carbons (Fsp3) is 0.261. The van der Waals surface area contributed by atoms with Crippen LogP contribution in [-0.2, 0) is 19.7 Å². The number of nitrogens with zero attached hydrogens (tertiary/aromatic N) is 4. The molecule has 4 rings (SSSR count). The van der Waals surface area contributed by atoms with Crippen molar-refractivity contribution in [3.63, 3.8) is 0 Å². The van der Waals surface area contributed by atoms with Gasteiger partial charge in [-0.25, -0.2) is 9.07 Å². The molecule has 0 spiro atoms. The van der Waals surface area contributed by atoms with Crippen LogP contribution in [-0.4, -0.2) is 20.2 Å². The summed E-state index contributed by atoms with van der Waals surface area (Å²) >= 11 is 6.16. The third kappa shape index (κ3) is 4.94. The Kier molecular flexibility index (Phi) is 6.62. The number of fused-ring (bicyclic) bond motifs is 1. The number of aromatic nitrogens is 4. The smallest absolute Gasteiger partial charge is 0.243 e. The van der Waals surface area contributed by atoms with Gasteiger partial charge in [0.25, 0.3) is 0 Å². The molecule has 0 aliphatic carbocycles. The van der Waals surface area contributed by atoms with Crippen LogP contribution in [0.5, 0.6) is 5.75 Å². The number of aryl methyl sites for hydroxylation is 1. The van der Waals surface area contributed by atoms with Gasteiger partial charge in [-0.15, -0.1) is 0 Å². The number of hydrogen-bond acceptors (Lipinski definition) is 5. The summed E-state index contributed by atoms with van der Waals surface area (Å²) in [5.41, 5.74) is 1.71. The summed E-state index contributed by atoms with van der Waals surface area (Å²) in [7, 11) is 0. The molecular weight excluding hydrogens is 417 g/mol. The molecule has 0 atom stereocenters. The lowest BCUT2D eigenvalue weighted by Gasteiger charge is -2.16. The van der Waals surface area contributed by atoms with E-state index in [1.54, 1.807) is 10.7 Å². The van der Waals surface area contributed by atoms with Gasteiger partial charge < -0.3 is 10.1 Å². The molecule has 6 nitrogen and oxygen atoms in total. The molecule has 0 saturated carbocycles. The average molecular weight is 440 g/mol. The van der Waals surface area contributed by atoms with Gasteiger partial charge >= 0.3 is 0 Å². The fourth-order valence-corrected chi connectivity index (χ4v) is 3.61. The van der Waals surface area contributed by atoms with Crippen LogP contribution in [0, 0.1) is 5.82 Å². The summed E-state index contributed by atoms with van der Waals surface area (Å²) in [5, 5.41) is 17.8. The molecule has 3 aromatic carbocycles. The lowest BCUT2D eigenvalue weighted by atomic mass is 10.0. The molecular formula is C23H23ClFN5O. The zero-order chi connectivity index (χ0) is 21.6. The number of anilines is 1. The molecule has 4 aromatic rings. The van der Waals surface area contributed by atoms with Crippen LogP contribution in [0.25, 0.3) is 10.8 Å². The maximum Gasteiger partial charge on any atom is 0.243 e. The normalized spacial score (nSPS) is 11.1. The highest BCUT2D eigenvalue weighted by Crippen LogP contribution is 2.30. The van der Waals surface area contributed by atoms with Gasteiger partial charge in [0.2, 0.25) is 5.95 Å². The molecule has 0 radical (unpaired) electrons. The molecule has 1 aromatic heterocycles.